The smallest absolute Gasteiger partial charge is 0.240 e. The fourth-order valence-electron chi connectivity index (χ4n) is 2.31. The minimum atomic E-state index is -0.405. The number of ether oxygens (including phenoxy) is 5. The maximum absolute atomic E-state index is 12.5. The van der Waals surface area contributed by atoms with Crippen LogP contribution < -0.4 is 23.7 Å². The molecule has 0 N–H and O–H groups in total. The van der Waals surface area contributed by atoms with Crippen LogP contribution in [0.25, 0.3) is 0 Å². The lowest BCUT2D eigenvalue weighted by Gasteiger charge is -2.11. The molecule has 6 nitrogen and oxygen atoms in total. The van der Waals surface area contributed by atoms with Gasteiger partial charge < -0.3 is 23.7 Å². The molecule has 6 heteroatoms. The normalized spacial score (nSPS) is 9.58. The Morgan fingerprint density at radius 3 is 1.92 bits per heavy atom. The summed E-state index contributed by atoms with van der Waals surface area (Å²) in [7, 11) is 7.58. The zero-order valence-corrected chi connectivity index (χ0v) is 15.3. The van der Waals surface area contributed by atoms with Gasteiger partial charge in [0, 0.05) is 12.1 Å². The van der Waals surface area contributed by atoms with Gasteiger partial charge in [-0.1, -0.05) is 5.92 Å². The molecule has 0 atom stereocenters. The maximum atomic E-state index is 12.5. The Balaban J connectivity index is 2.44. The van der Waals surface area contributed by atoms with Crippen LogP contribution in [0, 0.1) is 11.8 Å². The van der Waals surface area contributed by atoms with E-state index in [0.29, 0.717) is 39.9 Å². The second-order valence-electron chi connectivity index (χ2n) is 5.05. The lowest BCUT2D eigenvalue weighted by atomic mass is 10.1. The van der Waals surface area contributed by atoms with Gasteiger partial charge >= 0.3 is 0 Å². The Hall–Kier alpha value is -3.33. The van der Waals surface area contributed by atoms with Gasteiger partial charge in [0.05, 0.1) is 46.7 Å². The average molecular weight is 356 g/mol. The third-order valence-corrected chi connectivity index (χ3v) is 3.67. The van der Waals surface area contributed by atoms with Gasteiger partial charge in [-0.05, 0) is 24.1 Å². The molecule has 0 aliphatic carbocycles. The molecule has 2 aromatic carbocycles. The summed E-state index contributed by atoms with van der Waals surface area (Å²) in [5.74, 6) is 7.45. The predicted octanol–water partition coefficient (Wildman–Crippen LogP) is 2.96. The maximum Gasteiger partial charge on any atom is 0.240 e. The van der Waals surface area contributed by atoms with Crippen molar-refractivity contribution in [2.45, 2.75) is 0 Å². The zero-order chi connectivity index (χ0) is 19.1. The van der Waals surface area contributed by atoms with E-state index in [0.717, 1.165) is 0 Å². The van der Waals surface area contributed by atoms with Crippen molar-refractivity contribution >= 4 is 5.78 Å². The number of methoxy groups -OCH3 is 5. The molecule has 0 saturated carbocycles. The quantitative estimate of drug-likeness (QED) is 0.586. The molecule has 0 bridgehead atoms. The minimum absolute atomic E-state index is 0.318. The molecule has 2 aromatic rings. The zero-order valence-electron chi connectivity index (χ0n) is 15.3. The fraction of sp³-hybridized carbons (Fsp3) is 0.250. The number of rotatable bonds is 6. The number of Topliss-reactive ketones (excluding diaryl/α,β-unsaturated/α-hetero) is 1. The minimum Gasteiger partial charge on any atom is -0.497 e. The third-order valence-electron chi connectivity index (χ3n) is 3.67. The molecule has 0 spiro atoms. The van der Waals surface area contributed by atoms with Gasteiger partial charge in [0.1, 0.15) is 17.2 Å². The van der Waals surface area contributed by atoms with Gasteiger partial charge in [0.15, 0.2) is 11.5 Å². The molecule has 0 radical (unpaired) electrons. The Bertz CT molecular complexity index is 861. The van der Waals surface area contributed by atoms with Crippen LogP contribution in [0.3, 0.4) is 0 Å². The van der Waals surface area contributed by atoms with Crippen molar-refractivity contribution in [3.05, 3.63) is 41.5 Å². The lowest BCUT2D eigenvalue weighted by molar-refractivity contribution is 0.105. The van der Waals surface area contributed by atoms with Crippen LogP contribution in [0.15, 0.2) is 30.3 Å². The molecule has 0 aromatic heterocycles. The van der Waals surface area contributed by atoms with E-state index >= 15 is 0 Å². The van der Waals surface area contributed by atoms with E-state index in [1.54, 1.807) is 30.3 Å². The first-order chi connectivity index (χ1) is 12.6. The Labute approximate surface area is 152 Å². The number of hydrogen-bond acceptors (Lipinski definition) is 6. The van der Waals surface area contributed by atoms with Crippen molar-refractivity contribution in [2.75, 3.05) is 35.5 Å². The summed E-state index contributed by atoms with van der Waals surface area (Å²) >= 11 is 0. The standard InChI is InChI=1S/C20H20O6/c1-22-14-7-9-17(23-2)15(11-14)16(21)8-6-13-10-19(25-4)20(26-5)12-18(13)24-3/h7,9-12H,1-5H3. The molecule has 0 aliphatic rings. The molecule has 136 valence electrons. The van der Waals surface area contributed by atoms with E-state index in [1.807, 2.05) is 0 Å². The van der Waals surface area contributed by atoms with Crippen LogP contribution >= 0.6 is 0 Å². The molecule has 0 unspecified atom stereocenters. The van der Waals surface area contributed by atoms with E-state index < -0.39 is 5.78 Å². The van der Waals surface area contributed by atoms with Crippen molar-refractivity contribution in [1.82, 2.24) is 0 Å². The molecular formula is C20H20O6. The molecule has 0 amide bonds. The molecular weight excluding hydrogens is 336 g/mol. The van der Waals surface area contributed by atoms with Gasteiger partial charge in [-0.15, -0.1) is 0 Å². The van der Waals surface area contributed by atoms with Crippen molar-refractivity contribution in [3.8, 4) is 40.6 Å². The Morgan fingerprint density at radius 2 is 1.35 bits per heavy atom. The highest BCUT2D eigenvalue weighted by atomic mass is 16.5. The monoisotopic (exact) mass is 356 g/mol. The SMILES string of the molecule is COc1ccc(OC)c(C(=O)C#Cc2cc(OC)c(OC)cc2OC)c1. The number of carbonyl (C=O) groups is 1. The summed E-state index contributed by atoms with van der Waals surface area (Å²) in [5.41, 5.74) is 0.819. The highest BCUT2D eigenvalue weighted by molar-refractivity contribution is 6.11. The second kappa shape index (κ2) is 8.67. The van der Waals surface area contributed by atoms with Crippen LogP contribution in [0.4, 0.5) is 0 Å². The average Bonchev–Trinajstić information content (AvgIpc) is 2.70. The molecule has 0 aliphatic heterocycles. The highest BCUT2D eigenvalue weighted by Gasteiger charge is 2.13. The van der Waals surface area contributed by atoms with Crippen LogP contribution in [0.2, 0.25) is 0 Å². The predicted molar refractivity (Wildman–Crippen MR) is 96.9 cm³/mol. The summed E-state index contributed by atoms with van der Waals surface area (Å²) in [6.07, 6.45) is 0. The third kappa shape index (κ3) is 4.01. The van der Waals surface area contributed by atoms with Crippen LogP contribution in [-0.2, 0) is 0 Å². The second-order valence-corrected chi connectivity index (χ2v) is 5.05. The molecule has 0 heterocycles. The van der Waals surface area contributed by atoms with Gasteiger partial charge in [0.25, 0.3) is 0 Å². The van der Waals surface area contributed by atoms with Crippen LogP contribution in [0.1, 0.15) is 15.9 Å². The largest absolute Gasteiger partial charge is 0.497 e. The Morgan fingerprint density at radius 1 is 0.731 bits per heavy atom. The summed E-state index contributed by atoms with van der Waals surface area (Å²) in [6.45, 7) is 0. The highest BCUT2D eigenvalue weighted by Crippen LogP contribution is 2.34. The van der Waals surface area contributed by atoms with Crippen LogP contribution in [0.5, 0.6) is 28.7 Å². The van der Waals surface area contributed by atoms with Crippen molar-refractivity contribution < 1.29 is 28.5 Å². The van der Waals surface area contributed by atoms with Crippen molar-refractivity contribution in [3.63, 3.8) is 0 Å². The van der Waals surface area contributed by atoms with E-state index in [1.165, 1.54) is 35.5 Å². The summed E-state index contributed by atoms with van der Waals surface area (Å²) < 4.78 is 26.2. The van der Waals surface area contributed by atoms with Gasteiger partial charge in [-0.2, -0.15) is 0 Å². The van der Waals surface area contributed by atoms with E-state index in [9.17, 15) is 4.79 Å². The van der Waals surface area contributed by atoms with Gasteiger partial charge in [0.2, 0.25) is 5.78 Å². The first kappa shape index (κ1) is 19.0. The molecule has 0 saturated heterocycles. The number of ketones is 1. The molecule has 26 heavy (non-hydrogen) atoms. The molecule has 0 fully saturated rings. The van der Waals surface area contributed by atoms with Crippen molar-refractivity contribution in [1.29, 1.82) is 0 Å². The first-order valence-electron chi connectivity index (χ1n) is 7.66. The number of benzene rings is 2. The van der Waals surface area contributed by atoms with Crippen molar-refractivity contribution in [2.24, 2.45) is 0 Å². The fourth-order valence-corrected chi connectivity index (χ4v) is 2.31. The van der Waals surface area contributed by atoms with E-state index in [2.05, 4.69) is 11.8 Å². The Kier molecular flexibility index (Phi) is 6.34. The van der Waals surface area contributed by atoms with E-state index in [-0.39, 0.29) is 0 Å². The lowest BCUT2D eigenvalue weighted by Crippen LogP contribution is -2.01. The number of carbonyl (C=O) groups excluding carboxylic acids is 1. The van der Waals surface area contributed by atoms with Gasteiger partial charge in [-0.3, -0.25) is 4.79 Å². The van der Waals surface area contributed by atoms with Gasteiger partial charge in [-0.25, -0.2) is 0 Å². The topological polar surface area (TPSA) is 63.2 Å². The number of hydrogen-bond donors (Lipinski definition) is 0. The van der Waals surface area contributed by atoms with Crippen LogP contribution in [-0.4, -0.2) is 41.3 Å². The first-order valence-corrected chi connectivity index (χ1v) is 7.66. The summed E-state index contributed by atoms with van der Waals surface area (Å²) in [4.78, 5) is 12.5. The molecule has 2 rings (SSSR count). The van der Waals surface area contributed by atoms with E-state index in [4.69, 9.17) is 23.7 Å². The summed E-state index contributed by atoms with van der Waals surface area (Å²) in [5, 5.41) is 0. The summed E-state index contributed by atoms with van der Waals surface area (Å²) in [6, 6.07) is 8.26.